The number of anilines is 2. The van der Waals surface area contributed by atoms with Crippen LogP contribution in [0, 0.1) is 0 Å². The molecule has 24 heavy (non-hydrogen) atoms. The molecule has 0 fully saturated rings. The number of nitrogens with zero attached hydrogens (tertiary/aromatic N) is 3. The van der Waals surface area contributed by atoms with Crippen LogP contribution in [0.15, 0.2) is 30.6 Å². The van der Waals surface area contributed by atoms with Gasteiger partial charge in [0.1, 0.15) is 31.2 Å². The van der Waals surface area contributed by atoms with E-state index >= 15 is 0 Å². The first-order chi connectivity index (χ1) is 11.7. The molecule has 0 spiro atoms. The van der Waals surface area contributed by atoms with Crippen LogP contribution in [0.4, 0.5) is 11.6 Å². The van der Waals surface area contributed by atoms with Crippen molar-refractivity contribution in [2.24, 2.45) is 0 Å². The van der Waals surface area contributed by atoms with Crippen LogP contribution in [-0.2, 0) is 6.54 Å². The number of nitrogens with two attached hydrogens (primary N) is 1. The smallest absolute Gasteiger partial charge is 0.179 e. The summed E-state index contributed by atoms with van der Waals surface area (Å²) >= 11 is 6.26. The maximum absolute atomic E-state index is 6.26. The highest BCUT2D eigenvalue weighted by molar-refractivity contribution is 6.32. The van der Waals surface area contributed by atoms with Gasteiger partial charge in [0.05, 0.1) is 10.4 Å². The Labute approximate surface area is 142 Å². The third-order valence-electron chi connectivity index (χ3n) is 3.64. The fourth-order valence-electron chi connectivity index (χ4n) is 2.55. The number of aromatic nitrogens is 3. The second-order valence-corrected chi connectivity index (χ2v) is 5.69. The highest BCUT2D eigenvalue weighted by atomic mass is 35.5. The first-order valence-electron chi connectivity index (χ1n) is 7.40. The van der Waals surface area contributed by atoms with Crippen molar-refractivity contribution >= 4 is 34.3 Å². The lowest BCUT2D eigenvalue weighted by Crippen LogP contribution is -2.16. The van der Waals surface area contributed by atoms with Gasteiger partial charge >= 0.3 is 0 Å². The van der Waals surface area contributed by atoms with E-state index in [1.165, 1.54) is 6.33 Å². The van der Waals surface area contributed by atoms with E-state index < -0.39 is 0 Å². The van der Waals surface area contributed by atoms with Crippen LogP contribution in [-0.4, -0.2) is 28.2 Å². The van der Waals surface area contributed by atoms with E-state index in [0.717, 1.165) is 10.9 Å². The van der Waals surface area contributed by atoms with E-state index in [1.807, 2.05) is 18.2 Å². The van der Waals surface area contributed by atoms with Crippen LogP contribution >= 0.6 is 11.6 Å². The van der Waals surface area contributed by atoms with Gasteiger partial charge in [0.15, 0.2) is 17.1 Å². The van der Waals surface area contributed by atoms with Gasteiger partial charge in [0.2, 0.25) is 0 Å². The Morgan fingerprint density at radius 2 is 2.04 bits per heavy atom. The highest BCUT2D eigenvalue weighted by Gasteiger charge is 2.16. The van der Waals surface area contributed by atoms with Crippen molar-refractivity contribution in [3.05, 3.63) is 41.2 Å². The molecule has 8 heteroatoms. The van der Waals surface area contributed by atoms with Crippen molar-refractivity contribution in [2.75, 3.05) is 24.3 Å². The summed E-state index contributed by atoms with van der Waals surface area (Å²) in [7, 11) is 0. The molecule has 0 radical (unpaired) electrons. The zero-order chi connectivity index (χ0) is 16.5. The number of hydrogen-bond donors (Lipinski definition) is 2. The summed E-state index contributed by atoms with van der Waals surface area (Å²) in [6, 6.07) is 7.32. The molecule has 0 saturated heterocycles. The number of fused-ring (bicyclic) bond motifs is 2. The summed E-state index contributed by atoms with van der Waals surface area (Å²) in [6.07, 6.45) is 1.45. The summed E-state index contributed by atoms with van der Waals surface area (Å²) in [4.78, 5) is 12.6. The van der Waals surface area contributed by atoms with E-state index in [0.29, 0.717) is 53.6 Å². The van der Waals surface area contributed by atoms with E-state index in [4.69, 9.17) is 26.8 Å². The highest BCUT2D eigenvalue weighted by Crippen LogP contribution is 2.38. The average molecular weight is 344 g/mol. The molecule has 2 aromatic heterocycles. The minimum absolute atomic E-state index is 0.422. The quantitative estimate of drug-likeness (QED) is 0.754. The molecule has 1 aromatic carbocycles. The first kappa shape index (κ1) is 14.8. The van der Waals surface area contributed by atoms with Crippen LogP contribution in [0.5, 0.6) is 11.5 Å². The molecule has 0 aliphatic carbocycles. The van der Waals surface area contributed by atoms with Gasteiger partial charge in [-0.2, -0.15) is 0 Å². The van der Waals surface area contributed by atoms with Crippen molar-refractivity contribution in [3.63, 3.8) is 0 Å². The zero-order valence-corrected chi connectivity index (χ0v) is 13.4. The minimum atomic E-state index is 0.422. The van der Waals surface area contributed by atoms with Gasteiger partial charge in [-0.3, -0.25) is 0 Å². The fraction of sp³-hybridized carbons (Fsp3) is 0.188. The molecule has 3 aromatic rings. The lowest BCUT2D eigenvalue weighted by molar-refractivity contribution is 0.171. The molecule has 7 nitrogen and oxygen atoms in total. The Hall–Kier alpha value is -2.80. The van der Waals surface area contributed by atoms with Crippen LogP contribution < -0.4 is 20.5 Å². The molecule has 0 saturated carbocycles. The van der Waals surface area contributed by atoms with Crippen molar-refractivity contribution in [1.29, 1.82) is 0 Å². The first-order valence-corrected chi connectivity index (χ1v) is 7.77. The average Bonchev–Trinajstić information content (AvgIpc) is 2.59. The molecule has 1 aliphatic heterocycles. The fourth-order valence-corrected chi connectivity index (χ4v) is 2.84. The normalized spacial score (nSPS) is 13.0. The predicted octanol–water partition coefficient (Wildman–Crippen LogP) is 2.64. The Morgan fingerprint density at radius 1 is 1.17 bits per heavy atom. The number of ether oxygens (including phenoxy) is 2. The molecule has 1 aliphatic rings. The second kappa shape index (κ2) is 6.01. The molecule has 0 amide bonds. The zero-order valence-electron chi connectivity index (χ0n) is 12.6. The minimum Gasteiger partial charge on any atom is -0.486 e. The standard InChI is InChI=1S/C16H14ClN5O2/c17-11-5-9(6-12-14(11)24-4-3-23-12)7-19-15-10-1-2-13(18)22-16(10)21-8-20-15/h1-2,5-6,8H,3-4,7H2,(H3,18,19,20,21,22). The van der Waals surface area contributed by atoms with Gasteiger partial charge in [-0.15, -0.1) is 0 Å². The molecular formula is C16H14ClN5O2. The van der Waals surface area contributed by atoms with Crippen molar-refractivity contribution < 1.29 is 9.47 Å². The number of benzene rings is 1. The monoisotopic (exact) mass is 343 g/mol. The predicted molar refractivity (Wildman–Crippen MR) is 91.5 cm³/mol. The molecule has 0 bridgehead atoms. The molecule has 122 valence electrons. The molecule has 3 N–H and O–H groups in total. The number of nitrogen functional groups attached to an aromatic ring is 1. The van der Waals surface area contributed by atoms with Gasteiger partial charge in [-0.25, -0.2) is 15.0 Å². The second-order valence-electron chi connectivity index (χ2n) is 5.28. The van der Waals surface area contributed by atoms with Gasteiger partial charge in [0.25, 0.3) is 0 Å². The molecule has 0 atom stereocenters. The number of rotatable bonds is 3. The van der Waals surface area contributed by atoms with E-state index in [-0.39, 0.29) is 0 Å². The van der Waals surface area contributed by atoms with Crippen molar-refractivity contribution in [3.8, 4) is 11.5 Å². The molecule has 4 rings (SSSR count). The van der Waals surface area contributed by atoms with Crippen molar-refractivity contribution in [2.45, 2.75) is 6.54 Å². The Morgan fingerprint density at radius 3 is 2.96 bits per heavy atom. The number of halogens is 1. The summed E-state index contributed by atoms with van der Waals surface area (Å²) < 4.78 is 11.1. The van der Waals surface area contributed by atoms with E-state index in [2.05, 4.69) is 20.3 Å². The van der Waals surface area contributed by atoms with Crippen LogP contribution in [0.25, 0.3) is 11.0 Å². The lowest BCUT2D eigenvalue weighted by atomic mass is 10.2. The Balaban J connectivity index is 1.60. The molecule has 3 heterocycles. The SMILES string of the molecule is Nc1ccc2c(NCc3cc(Cl)c4c(c3)OCCO4)ncnc2n1. The molecule has 0 unspecified atom stereocenters. The van der Waals surface area contributed by atoms with Gasteiger partial charge in [-0.05, 0) is 29.8 Å². The topological polar surface area (TPSA) is 95.2 Å². The van der Waals surface area contributed by atoms with E-state index in [1.54, 1.807) is 6.07 Å². The van der Waals surface area contributed by atoms with Crippen LogP contribution in [0.1, 0.15) is 5.56 Å². The maximum Gasteiger partial charge on any atom is 0.179 e. The Bertz CT molecular complexity index is 918. The van der Waals surface area contributed by atoms with Gasteiger partial charge in [0, 0.05) is 6.54 Å². The molecular weight excluding hydrogens is 330 g/mol. The summed E-state index contributed by atoms with van der Waals surface area (Å²) in [5, 5.41) is 4.61. The third kappa shape index (κ3) is 2.74. The number of hydrogen-bond acceptors (Lipinski definition) is 7. The largest absolute Gasteiger partial charge is 0.486 e. The van der Waals surface area contributed by atoms with Gasteiger partial charge in [-0.1, -0.05) is 11.6 Å². The van der Waals surface area contributed by atoms with Crippen molar-refractivity contribution in [1.82, 2.24) is 15.0 Å². The van der Waals surface area contributed by atoms with E-state index in [9.17, 15) is 0 Å². The maximum atomic E-state index is 6.26. The van der Waals surface area contributed by atoms with Gasteiger partial charge < -0.3 is 20.5 Å². The lowest BCUT2D eigenvalue weighted by Gasteiger charge is -2.20. The summed E-state index contributed by atoms with van der Waals surface area (Å²) in [5.41, 5.74) is 7.19. The number of nitrogens with one attached hydrogen (secondary N) is 1. The van der Waals surface area contributed by atoms with Crippen LogP contribution in [0.3, 0.4) is 0 Å². The number of pyridine rings is 1. The summed E-state index contributed by atoms with van der Waals surface area (Å²) in [6.45, 7) is 1.55. The van der Waals surface area contributed by atoms with Crippen LogP contribution in [0.2, 0.25) is 5.02 Å². The Kier molecular flexibility index (Phi) is 3.70. The summed E-state index contributed by atoms with van der Waals surface area (Å²) in [5.74, 6) is 2.36. The third-order valence-corrected chi connectivity index (χ3v) is 3.92.